The number of halogens is 3. The fourth-order valence-electron chi connectivity index (χ4n) is 1.95. The molecule has 21 heavy (non-hydrogen) atoms. The second-order valence-corrected chi connectivity index (χ2v) is 4.45. The van der Waals surface area contributed by atoms with E-state index in [1.165, 1.54) is 13.2 Å². The van der Waals surface area contributed by atoms with Crippen molar-refractivity contribution < 1.29 is 22.7 Å². The van der Waals surface area contributed by atoms with Crippen LogP contribution in [0.3, 0.4) is 0 Å². The minimum absolute atomic E-state index is 0.0709. The second-order valence-electron chi connectivity index (χ2n) is 4.45. The molecule has 0 radical (unpaired) electrons. The van der Waals surface area contributed by atoms with E-state index in [2.05, 4.69) is 4.98 Å². The lowest BCUT2D eigenvalue weighted by Gasteiger charge is -2.13. The van der Waals surface area contributed by atoms with E-state index in [-0.39, 0.29) is 11.3 Å². The number of ketones is 1. The van der Waals surface area contributed by atoms with Crippen LogP contribution >= 0.6 is 0 Å². The van der Waals surface area contributed by atoms with Crippen molar-refractivity contribution >= 4 is 5.78 Å². The van der Waals surface area contributed by atoms with Gasteiger partial charge in [0.1, 0.15) is 5.75 Å². The third kappa shape index (κ3) is 3.04. The lowest BCUT2D eigenvalue weighted by Crippen LogP contribution is -2.14. The van der Waals surface area contributed by atoms with E-state index in [1.54, 1.807) is 19.1 Å². The fourth-order valence-corrected chi connectivity index (χ4v) is 1.95. The molecular formula is C15H12F3NO2. The SMILES string of the molecule is COc1cc(C)ccc1C(=O)c1cnccc1C(F)(F)F. The Bertz CT molecular complexity index is 681. The maximum Gasteiger partial charge on any atom is 0.417 e. The highest BCUT2D eigenvalue weighted by Crippen LogP contribution is 2.33. The van der Waals surface area contributed by atoms with Crippen molar-refractivity contribution in [1.82, 2.24) is 4.98 Å². The van der Waals surface area contributed by atoms with Crippen LogP contribution in [-0.4, -0.2) is 17.9 Å². The molecule has 1 aromatic heterocycles. The number of pyridine rings is 1. The van der Waals surface area contributed by atoms with Gasteiger partial charge in [-0.3, -0.25) is 9.78 Å². The summed E-state index contributed by atoms with van der Waals surface area (Å²) in [5, 5.41) is 0. The van der Waals surface area contributed by atoms with Crippen molar-refractivity contribution in [3.05, 3.63) is 58.9 Å². The van der Waals surface area contributed by atoms with Crippen molar-refractivity contribution in [2.45, 2.75) is 13.1 Å². The number of alkyl halides is 3. The van der Waals surface area contributed by atoms with Crippen molar-refractivity contribution in [3.63, 3.8) is 0 Å². The number of carbonyl (C=O) groups excluding carboxylic acids is 1. The van der Waals surface area contributed by atoms with Gasteiger partial charge in [0.05, 0.1) is 23.8 Å². The molecule has 0 aliphatic rings. The monoisotopic (exact) mass is 295 g/mol. The Morgan fingerprint density at radius 1 is 1.19 bits per heavy atom. The summed E-state index contributed by atoms with van der Waals surface area (Å²) >= 11 is 0. The number of rotatable bonds is 3. The minimum Gasteiger partial charge on any atom is -0.496 e. The standard InChI is InChI=1S/C15H12F3NO2/c1-9-3-4-10(13(7-9)21-2)14(20)11-8-19-6-5-12(11)15(16,17)18/h3-8H,1-2H3. The molecule has 0 saturated heterocycles. The van der Waals surface area contributed by atoms with Crippen molar-refractivity contribution in [1.29, 1.82) is 0 Å². The normalized spacial score (nSPS) is 11.3. The van der Waals surface area contributed by atoms with Crippen LogP contribution in [-0.2, 0) is 6.18 Å². The Hall–Kier alpha value is -2.37. The Balaban J connectivity index is 2.56. The van der Waals surface area contributed by atoms with Crippen LogP contribution in [0.2, 0.25) is 0 Å². The van der Waals surface area contributed by atoms with Crippen molar-refractivity contribution in [2.24, 2.45) is 0 Å². The summed E-state index contributed by atoms with van der Waals surface area (Å²) in [6.07, 6.45) is -2.69. The van der Waals surface area contributed by atoms with Crippen LogP contribution in [0.5, 0.6) is 5.75 Å². The number of carbonyl (C=O) groups is 1. The molecule has 0 fully saturated rings. The summed E-state index contributed by atoms with van der Waals surface area (Å²) in [4.78, 5) is 16.0. The van der Waals surface area contributed by atoms with Gasteiger partial charge in [0, 0.05) is 12.4 Å². The van der Waals surface area contributed by atoms with Gasteiger partial charge in [0.2, 0.25) is 0 Å². The van der Waals surface area contributed by atoms with Crippen molar-refractivity contribution in [3.8, 4) is 5.75 Å². The minimum atomic E-state index is -4.62. The van der Waals surface area contributed by atoms with Crippen LogP contribution in [0.25, 0.3) is 0 Å². The van der Waals surface area contributed by atoms with Gasteiger partial charge in [-0.25, -0.2) is 0 Å². The molecule has 0 spiro atoms. The molecular weight excluding hydrogens is 283 g/mol. The first kappa shape index (κ1) is 15.0. The first-order chi connectivity index (χ1) is 9.84. The maximum atomic E-state index is 13.0. The third-order valence-electron chi connectivity index (χ3n) is 2.97. The fraction of sp³-hybridized carbons (Fsp3) is 0.200. The topological polar surface area (TPSA) is 39.2 Å². The van der Waals surface area contributed by atoms with Crippen LogP contribution < -0.4 is 4.74 Å². The molecule has 3 nitrogen and oxygen atoms in total. The Kier molecular flexibility index (Phi) is 3.97. The van der Waals surface area contributed by atoms with E-state index in [0.717, 1.165) is 24.0 Å². The van der Waals surface area contributed by atoms with Crippen LogP contribution in [0, 0.1) is 6.92 Å². The zero-order valence-corrected chi connectivity index (χ0v) is 11.4. The average Bonchev–Trinajstić information content (AvgIpc) is 2.45. The number of hydrogen-bond donors (Lipinski definition) is 0. The highest BCUT2D eigenvalue weighted by molar-refractivity contribution is 6.11. The molecule has 1 heterocycles. The highest BCUT2D eigenvalue weighted by atomic mass is 19.4. The van der Waals surface area contributed by atoms with E-state index in [4.69, 9.17) is 4.74 Å². The summed E-state index contributed by atoms with van der Waals surface area (Å²) < 4.78 is 44.0. The lowest BCUT2D eigenvalue weighted by atomic mass is 9.98. The molecule has 0 aliphatic carbocycles. The van der Waals surface area contributed by atoms with E-state index in [1.807, 2.05) is 0 Å². The van der Waals surface area contributed by atoms with Gasteiger partial charge < -0.3 is 4.74 Å². The molecule has 0 bridgehead atoms. The number of aryl methyl sites for hydroxylation is 1. The zero-order valence-electron chi connectivity index (χ0n) is 11.4. The predicted octanol–water partition coefficient (Wildman–Crippen LogP) is 3.65. The third-order valence-corrected chi connectivity index (χ3v) is 2.97. The first-order valence-electron chi connectivity index (χ1n) is 6.05. The first-order valence-corrected chi connectivity index (χ1v) is 6.05. The van der Waals surface area contributed by atoms with Crippen LogP contribution in [0.4, 0.5) is 13.2 Å². The summed E-state index contributed by atoms with van der Waals surface area (Å²) in [6, 6.07) is 5.47. The van der Waals surface area contributed by atoms with Gasteiger partial charge in [-0.2, -0.15) is 13.2 Å². The van der Waals surface area contributed by atoms with E-state index in [9.17, 15) is 18.0 Å². The lowest BCUT2D eigenvalue weighted by molar-refractivity contribution is -0.137. The van der Waals surface area contributed by atoms with Crippen LogP contribution in [0.1, 0.15) is 27.0 Å². The number of methoxy groups -OCH3 is 1. The zero-order chi connectivity index (χ0) is 15.6. The molecule has 2 aromatic rings. The summed E-state index contributed by atoms with van der Waals surface area (Å²) in [5.74, 6) is -0.538. The Labute approximate surface area is 119 Å². The van der Waals surface area contributed by atoms with Gasteiger partial charge in [0.25, 0.3) is 0 Å². The number of benzene rings is 1. The summed E-state index contributed by atoms with van der Waals surface area (Å²) in [6.45, 7) is 1.79. The molecule has 0 saturated carbocycles. The average molecular weight is 295 g/mol. The van der Waals surface area contributed by atoms with Gasteiger partial charge >= 0.3 is 6.18 Å². The van der Waals surface area contributed by atoms with Gasteiger partial charge in [0.15, 0.2) is 5.78 Å². The molecule has 110 valence electrons. The highest BCUT2D eigenvalue weighted by Gasteiger charge is 2.35. The van der Waals surface area contributed by atoms with Gasteiger partial charge in [-0.05, 0) is 30.7 Å². The molecule has 0 amide bonds. The largest absolute Gasteiger partial charge is 0.496 e. The molecule has 0 atom stereocenters. The Morgan fingerprint density at radius 3 is 2.52 bits per heavy atom. The Morgan fingerprint density at radius 2 is 1.90 bits per heavy atom. The second kappa shape index (κ2) is 5.55. The molecule has 1 aromatic carbocycles. The van der Waals surface area contributed by atoms with Crippen molar-refractivity contribution in [2.75, 3.05) is 7.11 Å². The number of ether oxygens (including phenoxy) is 1. The predicted molar refractivity (Wildman–Crippen MR) is 70.4 cm³/mol. The summed E-state index contributed by atoms with van der Waals surface area (Å²) in [7, 11) is 1.36. The molecule has 6 heteroatoms. The molecule has 0 aliphatic heterocycles. The van der Waals surface area contributed by atoms with Gasteiger partial charge in [-0.15, -0.1) is 0 Å². The summed E-state index contributed by atoms with van der Waals surface area (Å²) in [5.41, 5.74) is -0.593. The smallest absolute Gasteiger partial charge is 0.417 e. The number of aromatic nitrogens is 1. The van der Waals surface area contributed by atoms with Crippen LogP contribution in [0.15, 0.2) is 36.7 Å². The van der Waals surface area contributed by atoms with E-state index < -0.39 is 23.1 Å². The van der Waals surface area contributed by atoms with Gasteiger partial charge in [-0.1, -0.05) is 6.07 Å². The molecule has 0 unspecified atom stereocenters. The number of nitrogens with zero attached hydrogens (tertiary/aromatic N) is 1. The van der Waals surface area contributed by atoms with E-state index >= 15 is 0 Å². The van der Waals surface area contributed by atoms with E-state index in [0.29, 0.717) is 0 Å². The maximum absolute atomic E-state index is 13.0. The molecule has 0 N–H and O–H groups in total. The number of hydrogen-bond acceptors (Lipinski definition) is 3. The molecule has 2 rings (SSSR count). The quantitative estimate of drug-likeness (QED) is 0.811.